The maximum Gasteiger partial charge on any atom is 0.419 e. The molecule has 0 aromatic heterocycles. The van der Waals surface area contributed by atoms with Gasteiger partial charge in [-0.3, -0.25) is 9.59 Å². The minimum Gasteiger partial charge on any atom is -0.347 e. The number of likely N-dealkylation sites (tertiary alicyclic amines) is 1. The minimum absolute atomic E-state index is 0.0551. The highest BCUT2D eigenvalue weighted by Crippen LogP contribution is 2.43. The Kier molecular flexibility index (Phi) is 8.03. The summed E-state index contributed by atoms with van der Waals surface area (Å²) in [5.74, 6) is -5.23. The third-order valence-electron chi connectivity index (χ3n) is 8.37. The monoisotopic (exact) mass is 603 g/mol. The molecule has 1 aromatic rings. The van der Waals surface area contributed by atoms with Gasteiger partial charge in [-0.15, -0.1) is 0 Å². The summed E-state index contributed by atoms with van der Waals surface area (Å²) in [7, 11) is -3.83. The molecular weight excluding hydrogens is 573 g/mol. The first kappa shape index (κ1) is 29.7. The van der Waals surface area contributed by atoms with Crippen molar-refractivity contribution in [2.45, 2.75) is 56.8 Å². The molecule has 15 heteroatoms. The number of benzene rings is 1. The van der Waals surface area contributed by atoms with E-state index in [0.29, 0.717) is 44.6 Å². The number of hydrogen-bond acceptors (Lipinski definition) is 5. The van der Waals surface area contributed by atoms with Crippen LogP contribution >= 0.6 is 0 Å². The van der Waals surface area contributed by atoms with Gasteiger partial charge in [-0.25, -0.2) is 8.78 Å². The van der Waals surface area contributed by atoms with Gasteiger partial charge in [-0.2, -0.15) is 35.5 Å². The van der Waals surface area contributed by atoms with Crippen molar-refractivity contribution in [2.24, 2.45) is 17.8 Å². The number of amides is 2. The zero-order valence-corrected chi connectivity index (χ0v) is 22.9. The molecule has 0 bridgehead atoms. The van der Waals surface area contributed by atoms with Gasteiger partial charge < -0.3 is 10.2 Å². The fraction of sp³-hybridized carbons (Fsp3) is 0.654. The normalized spacial score (nSPS) is 25.4. The highest BCUT2D eigenvalue weighted by molar-refractivity contribution is 7.86. The molecule has 2 amide bonds. The summed E-state index contributed by atoms with van der Waals surface area (Å²) in [6.45, 7) is 0.651. The molecule has 1 saturated carbocycles. The Labute approximate surface area is 234 Å². The van der Waals surface area contributed by atoms with Crippen LogP contribution in [0.5, 0.6) is 0 Å². The quantitative estimate of drug-likeness (QED) is 0.482. The molecule has 3 heterocycles. The predicted octanol–water partition coefficient (Wildman–Crippen LogP) is 2.95. The van der Waals surface area contributed by atoms with Crippen molar-refractivity contribution in [2.75, 3.05) is 32.7 Å². The molecule has 1 unspecified atom stereocenters. The van der Waals surface area contributed by atoms with E-state index in [1.807, 2.05) is 6.07 Å². The van der Waals surface area contributed by atoms with Gasteiger partial charge in [0.2, 0.25) is 11.8 Å². The summed E-state index contributed by atoms with van der Waals surface area (Å²) in [5, 5.41) is 11.6. The fourth-order valence-corrected chi connectivity index (χ4v) is 7.70. The summed E-state index contributed by atoms with van der Waals surface area (Å²) in [6.07, 6.45) is -2.27. The van der Waals surface area contributed by atoms with Crippen molar-refractivity contribution < 1.29 is 40.0 Å². The molecule has 9 nitrogen and oxygen atoms in total. The second-order valence-corrected chi connectivity index (χ2v) is 13.1. The molecule has 4 aliphatic rings. The number of carbonyl (C=O) groups is 2. The van der Waals surface area contributed by atoms with Crippen molar-refractivity contribution >= 4 is 22.0 Å². The van der Waals surface area contributed by atoms with Crippen LogP contribution in [0.1, 0.15) is 55.7 Å². The number of piperidine rings is 1. The van der Waals surface area contributed by atoms with E-state index in [-0.39, 0.29) is 62.1 Å². The largest absolute Gasteiger partial charge is 0.419 e. The summed E-state index contributed by atoms with van der Waals surface area (Å²) in [6, 6.07) is 0.624. The van der Waals surface area contributed by atoms with Crippen molar-refractivity contribution in [3.63, 3.8) is 0 Å². The van der Waals surface area contributed by atoms with E-state index in [1.165, 1.54) is 13.5 Å². The van der Waals surface area contributed by atoms with Crippen molar-refractivity contribution in [1.29, 1.82) is 5.26 Å². The fourth-order valence-electron chi connectivity index (χ4n) is 5.91. The van der Waals surface area contributed by atoms with Crippen LogP contribution in [0.25, 0.3) is 0 Å². The van der Waals surface area contributed by atoms with Crippen LogP contribution in [-0.4, -0.2) is 72.5 Å². The second-order valence-electron chi connectivity index (χ2n) is 11.2. The van der Waals surface area contributed by atoms with Gasteiger partial charge in [0.25, 0.3) is 10.2 Å². The van der Waals surface area contributed by atoms with Gasteiger partial charge in [0.1, 0.15) is 17.7 Å². The van der Waals surface area contributed by atoms with Gasteiger partial charge in [-0.1, -0.05) is 0 Å². The Bertz CT molecular complexity index is 1360. The van der Waals surface area contributed by atoms with Crippen LogP contribution in [0.4, 0.5) is 22.0 Å². The molecular formula is C26H30F5N5O4S. The lowest BCUT2D eigenvalue weighted by Crippen LogP contribution is -2.57. The van der Waals surface area contributed by atoms with Crippen molar-refractivity contribution in [1.82, 2.24) is 18.8 Å². The average Bonchev–Trinajstić information content (AvgIpc) is 3.61. The molecule has 1 aliphatic carbocycles. The highest BCUT2D eigenvalue weighted by atomic mass is 32.2. The molecule has 0 radical (unpaired) electrons. The van der Waals surface area contributed by atoms with E-state index in [9.17, 15) is 40.0 Å². The predicted molar refractivity (Wildman–Crippen MR) is 134 cm³/mol. The topological polar surface area (TPSA) is 114 Å². The van der Waals surface area contributed by atoms with E-state index in [1.54, 1.807) is 0 Å². The summed E-state index contributed by atoms with van der Waals surface area (Å²) in [4.78, 5) is 28.3. The Morgan fingerprint density at radius 2 is 1.66 bits per heavy atom. The minimum atomic E-state index is -5.07. The molecule has 1 aromatic carbocycles. The third kappa shape index (κ3) is 5.91. The average molecular weight is 604 g/mol. The Morgan fingerprint density at radius 3 is 2.29 bits per heavy atom. The zero-order valence-electron chi connectivity index (χ0n) is 22.0. The Hall–Kier alpha value is -2.83. The Morgan fingerprint density at radius 1 is 0.976 bits per heavy atom. The van der Waals surface area contributed by atoms with E-state index < -0.39 is 57.5 Å². The van der Waals surface area contributed by atoms with Gasteiger partial charge in [0.15, 0.2) is 0 Å². The molecule has 3 atom stereocenters. The number of alkyl halides is 3. The zero-order chi connectivity index (χ0) is 29.7. The lowest BCUT2D eigenvalue weighted by Gasteiger charge is -2.41. The SMILES string of the molecule is N#CC1CN(S(=O)(=O)N2CCC[C@H](C(=O)N3CCC[C@@H]3C(=O)NC(c3cc(F)c(C(F)(F)F)cc3F)C3CC3)C2)C1. The van der Waals surface area contributed by atoms with Crippen LogP contribution < -0.4 is 5.32 Å². The van der Waals surface area contributed by atoms with Gasteiger partial charge in [-0.05, 0) is 56.6 Å². The number of rotatable bonds is 7. The van der Waals surface area contributed by atoms with Gasteiger partial charge in [0.05, 0.1) is 29.5 Å². The number of halogens is 5. The molecule has 1 N–H and O–H groups in total. The van der Waals surface area contributed by atoms with Crippen LogP contribution in [-0.2, 0) is 26.0 Å². The molecule has 0 spiro atoms. The van der Waals surface area contributed by atoms with E-state index in [0.717, 1.165) is 0 Å². The summed E-state index contributed by atoms with van der Waals surface area (Å²) < 4.78 is 96.6. The number of nitrogens with one attached hydrogen (secondary N) is 1. The first-order chi connectivity index (χ1) is 19.3. The number of nitrogens with zero attached hydrogens (tertiary/aromatic N) is 4. The third-order valence-corrected chi connectivity index (χ3v) is 10.3. The lowest BCUT2D eigenvalue weighted by atomic mass is 9.97. The molecule has 3 saturated heterocycles. The van der Waals surface area contributed by atoms with E-state index in [4.69, 9.17) is 5.26 Å². The number of nitriles is 1. The molecule has 4 fully saturated rings. The van der Waals surface area contributed by atoms with Gasteiger partial charge >= 0.3 is 6.18 Å². The highest BCUT2D eigenvalue weighted by Gasteiger charge is 2.45. The molecule has 5 rings (SSSR count). The molecule has 3 aliphatic heterocycles. The van der Waals surface area contributed by atoms with Gasteiger partial charge in [0, 0.05) is 38.3 Å². The molecule has 224 valence electrons. The van der Waals surface area contributed by atoms with Crippen LogP contribution in [0.2, 0.25) is 0 Å². The Balaban J connectivity index is 1.27. The van der Waals surface area contributed by atoms with E-state index in [2.05, 4.69) is 5.32 Å². The molecule has 41 heavy (non-hydrogen) atoms. The van der Waals surface area contributed by atoms with Crippen molar-refractivity contribution in [3.8, 4) is 6.07 Å². The van der Waals surface area contributed by atoms with E-state index >= 15 is 0 Å². The standard InChI is InChI=1S/C26H30F5N5O4S/c27-20-10-19(26(29,30)31)21(28)9-18(20)23(16-5-6-16)33-24(37)22-4-2-8-36(22)25(38)17-3-1-7-34(14-17)41(39,40)35-12-15(11-32)13-35/h9-10,15-17,22-23H,1-8,12-14H2,(H,33,37)/t17-,22+,23?/m0/s1. The second kappa shape index (κ2) is 11.1. The maximum atomic E-state index is 14.8. The lowest BCUT2D eigenvalue weighted by molar-refractivity contribution is -0.142. The summed E-state index contributed by atoms with van der Waals surface area (Å²) >= 11 is 0. The van der Waals surface area contributed by atoms with Crippen molar-refractivity contribution in [3.05, 3.63) is 34.9 Å². The first-order valence-corrected chi connectivity index (χ1v) is 15.0. The first-order valence-electron chi connectivity index (χ1n) is 13.6. The van der Waals surface area contributed by atoms with Crippen LogP contribution in [0, 0.1) is 40.7 Å². The number of carbonyl (C=O) groups excluding carboxylic acids is 2. The van der Waals surface area contributed by atoms with Crippen LogP contribution in [0.3, 0.4) is 0 Å². The van der Waals surface area contributed by atoms with Crippen LogP contribution in [0.15, 0.2) is 12.1 Å². The smallest absolute Gasteiger partial charge is 0.347 e. The summed E-state index contributed by atoms with van der Waals surface area (Å²) in [5.41, 5.74) is -2.10. The maximum absolute atomic E-state index is 14.8. The number of hydrogen-bond donors (Lipinski definition) is 1.